The highest BCUT2D eigenvalue weighted by atomic mass is 32.2. The first-order valence-electron chi connectivity index (χ1n) is 6.88. The van der Waals surface area contributed by atoms with Gasteiger partial charge < -0.3 is 10.1 Å². The van der Waals surface area contributed by atoms with Crippen LogP contribution in [0.15, 0.2) is 23.1 Å². The number of ether oxygens (including phenoxy) is 1. The number of nitrogens with one attached hydrogen (secondary N) is 1. The summed E-state index contributed by atoms with van der Waals surface area (Å²) in [6.07, 6.45) is 0. The number of methoxy groups -OCH3 is 1. The average Bonchev–Trinajstić information content (AvgIpc) is 2.45. The summed E-state index contributed by atoms with van der Waals surface area (Å²) in [4.78, 5) is 0.226. The average molecular weight is 300 g/mol. The molecule has 1 aromatic rings. The molecule has 1 aromatic carbocycles. The van der Waals surface area contributed by atoms with Crippen molar-refractivity contribution < 1.29 is 13.2 Å². The zero-order valence-electron chi connectivity index (χ0n) is 12.6. The quantitative estimate of drug-likeness (QED) is 0.796. The Kier molecular flexibility index (Phi) is 6.45. The monoisotopic (exact) mass is 300 g/mol. The van der Waals surface area contributed by atoms with Gasteiger partial charge in [0.25, 0.3) is 0 Å². The van der Waals surface area contributed by atoms with Crippen molar-refractivity contribution >= 4 is 10.0 Å². The first kappa shape index (κ1) is 16.9. The molecule has 5 nitrogen and oxygen atoms in total. The van der Waals surface area contributed by atoms with Gasteiger partial charge >= 0.3 is 0 Å². The molecule has 0 radical (unpaired) electrons. The molecule has 20 heavy (non-hydrogen) atoms. The fourth-order valence-corrected chi connectivity index (χ4v) is 3.60. The Bertz CT molecular complexity index is 525. The highest BCUT2D eigenvalue weighted by molar-refractivity contribution is 7.89. The molecular weight excluding hydrogens is 276 g/mol. The molecule has 0 bridgehead atoms. The van der Waals surface area contributed by atoms with Crippen LogP contribution in [0.5, 0.6) is 5.75 Å². The highest BCUT2D eigenvalue weighted by Gasteiger charge is 2.25. The molecule has 0 unspecified atom stereocenters. The first-order valence-corrected chi connectivity index (χ1v) is 8.32. The number of benzene rings is 1. The zero-order chi connectivity index (χ0) is 15.2. The predicted octanol–water partition coefficient (Wildman–Crippen LogP) is 1.84. The second kappa shape index (κ2) is 7.61. The van der Waals surface area contributed by atoms with Crippen LogP contribution in [0.1, 0.15) is 26.3 Å². The maximum Gasteiger partial charge on any atom is 0.246 e. The van der Waals surface area contributed by atoms with Crippen LogP contribution in [0.4, 0.5) is 0 Å². The van der Waals surface area contributed by atoms with Gasteiger partial charge in [-0.2, -0.15) is 4.31 Å². The van der Waals surface area contributed by atoms with Crippen molar-refractivity contribution in [3.05, 3.63) is 23.8 Å². The normalized spacial score (nSPS) is 11.8. The Hall–Kier alpha value is -1.11. The number of sulfonamides is 1. The van der Waals surface area contributed by atoms with Crippen molar-refractivity contribution in [2.75, 3.05) is 26.7 Å². The van der Waals surface area contributed by atoms with Gasteiger partial charge in [0.15, 0.2) is 0 Å². The summed E-state index contributed by atoms with van der Waals surface area (Å²) in [5, 5.41) is 3.20. The molecule has 0 aliphatic rings. The maximum absolute atomic E-state index is 12.5. The van der Waals surface area contributed by atoms with Crippen LogP contribution < -0.4 is 10.1 Å². The predicted molar refractivity (Wildman–Crippen MR) is 80.5 cm³/mol. The smallest absolute Gasteiger partial charge is 0.246 e. The lowest BCUT2D eigenvalue weighted by Gasteiger charge is -2.20. The molecule has 114 valence electrons. The van der Waals surface area contributed by atoms with E-state index in [1.54, 1.807) is 12.1 Å². The van der Waals surface area contributed by atoms with Crippen LogP contribution in [-0.2, 0) is 16.6 Å². The zero-order valence-corrected chi connectivity index (χ0v) is 13.5. The first-order chi connectivity index (χ1) is 9.51. The van der Waals surface area contributed by atoms with E-state index in [0.29, 0.717) is 25.4 Å². The Labute approximate surface area is 122 Å². The summed E-state index contributed by atoms with van der Waals surface area (Å²) < 4.78 is 31.7. The minimum atomic E-state index is -3.49. The van der Waals surface area contributed by atoms with Crippen LogP contribution in [0.2, 0.25) is 0 Å². The van der Waals surface area contributed by atoms with Gasteiger partial charge in [-0.25, -0.2) is 8.42 Å². The van der Waals surface area contributed by atoms with E-state index >= 15 is 0 Å². The maximum atomic E-state index is 12.5. The van der Waals surface area contributed by atoms with Crippen LogP contribution in [0.3, 0.4) is 0 Å². The summed E-state index contributed by atoms with van der Waals surface area (Å²) in [5.74, 6) is 0.396. The molecule has 6 heteroatoms. The molecule has 0 amide bonds. The topological polar surface area (TPSA) is 58.6 Å². The van der Waals surface area contributed by atoms with Crippen molar-refractivity contribution in [2.45, 2.75) is 32.2 Å². The molecule has 0 fully saturated rings. The van der Waals surface area contributed by atoms with E-state index in [-0.39, 0.29) is 4.90 Å². The Morgan fingerprint density at radius 1 is 1.20 bits per heavy atom. The van der Waals surface area contributed by atoms with Gasteiger partial charge in [0, 0.05) is 19.6 Å². The van der Waals surface area contributed by atoms with Crippen LogP contribution in [0, 0.1) is 0 Å². The third-order valence-electron chi connectivity index (χ3n) is 3.13. The Morgan fingerprint density at radius 3 is 2.35 bits per heavy atom. The molecule has 0 aromatic heterocycles. The molecule has 0 heterocycles. The summed E-state index contributed by atoms with van der Waals surface area (Å²) in [6, 6.07) is 5.22. The third kappa shape index (κ3) is 3.71. The molecule has 1 rings (SSSR count). The minimum Gasteiger partial charge on any atom is -0.495 e. The van der Waals surface area contributed by atoms with Crippen LogP contribution in [0.25, 0.3) is 0 Å². The van der Waals surface area contributed by atoms with E-state index in [1.165, 1.54) is 11.4 Å². The van der Waals surface area contributed by atoms with Gasteiger partial charge in [-0.15, -0.1) is 0 Å². The number of hydrogen-bond acceptors (Lipinski definition) is 4. The van der Waals surface area contributed by atoms with Crippen molar-refractivity contribution in [3.8, 4) is 5.75 Å². The van der Waals surface area contributed by atoms with Crippen molar-refractivity contribution in [2.24, 2.45) is 0 Å². The number of hydrogen-bond donors (Lipinski definition) is 1. The summed E-state index contributed by atoms with van der Waals surface area (Å²) in [5.41, 5.74) is 1.00. The SMILES string of the molecule is CCNCc1ccc(S(=O)(=O)N(CC)CC)c(OC)c1. The van der Waals surface area contributed by atoms with E-state index in [1.807, 2.05) is 26.8 Å². The molecule has 0 saturated heterocycles. The lowest BCUT2D eigenvalue weighted by Crippen LogP contribution is -2.31. The lowest BCUT2D eigenvalue weighted by atomic mass is 10.2. The Balaban J connectivity index is 3.18. The van der Waals surface area contributed by atoms with E-state index in [0.717, 1.165) is 12.1 Å². The van der Waals surface area contributed by atoms with Gasteiger partial charge in [-0.3, -0.25) is 0 Å². The van der Waals surface area contributed by atoms with Gasteiger partial charge in [-0.05, 0) is 24.2 Å². The van der Waals surface area contributed by atoms with E-state index in [2.05, 4.69) is 5.32 Å². The fourth-order valence-electron chi connectivity index (χ4n) is 2.01. The molecule has 1 N–H and O–H groups in total. The highest BCUT2D eigenvalue weighted by Crippen LogP contribution is 2.27. The molecule has 0 aliphatic heterocycles. The van der Waals surface area contributed by atoms with Gasteiger partial charge in [-0.1, -0.05) is 26.8 Å². The van der Waals surface area contributed by atoms with Crippen LogP contribution in [-0.4, -0.2) is 39.5 Å². The lowest BCUT2D eigenvalue weighted by molar-refractivity contribution is 0.395. The standard InChI is InChI=1S/C14H24N2O3S/c1-5-15-11-12-8-9-14(13(10-12)19-4)20(17,18)16(6-2)7-3/h8-10,15H,5-7,11H2,1-4H3. The number of nitrogens with zero attached hydrogens (tertiary/aromatic N) is 1. The molecule has 0 atom stereocenters. The van der Waals surface area contributed by atoms with E-state index in [4.69, 9.17) is 4.74 Å². The molecule has 0 spiro atoms. The summed E-state index contributed by atoms with van der Waals surface area (Å²) >= 11 is 0. The summed E-state index contributed by atoms with van der Waals surface area (Å²) in [7, 11) is -2.00. The molecule has 0 saturated carbocycles. The van der Waals surface area contributed by atoms with Gasteiger partial charge in [0.1, 0.15) is 10.6 Å². The summed E-state index contributed by atoms with van der Waals surface area (Å²) in [6.45, 7) is 8.12. The molecular formula is C14H24N2O3S. The van der Waals surface area contributed by atoms with Crippen molar-refractivity contribution in [1.29, 1.82) is 0 Å². The minimum absolute atomic E-state index is 0.226. The van der Waals surface area contributed by atoms with E-state index < -0.39 is 10.0 Å². The fraction of sp³-hybridized carbons (Fsp3) is 0.571. The third-order valence-corrected chi connectivity index (χ3v) is 5.22. The number of rotatable bonds is 8. The van der Waals surface area contributed by atoms with Crippen molar-refractivity contribution in [3.63, 3.8) is 0 Å². The van der Waals surface area contributed by atoms with Gasteiger partial charge in [0.2, 0.25) is 10.0 Å². The second-order valence-corrected chi connectivity index (χ2v) is 6.26. The second-order valence-electron chi connectivity index (χ2n) is 4.35. The Morgan fingerprint density at radius 2 is 1.85 bits per heavy atom. The van der Waals surface area contributed by atoms with E-state index in [9.17, 15) is 8.42 Å². The molecule has 0 aliphatic carbocycles. The largest absolute Gasteiger partial charge is 0.495 e. The van der Waals surface area contributed by atoms with Gasteiger partial charge in [0.05, 0.1) is 7.11 Å². The van der Waals surface area contributed by atoms with Crippen molar-refractivity contribution in [1.82, 2.24) is 9.62 Å². The van der Waals surface area contributed by atoms with Crippen LogP contribution >= 0.6 is 0 Å².